The van der Waals surface area contributed by atoms with E-state index in [9.17, 15) is 0 Å². The fourth-order valence-electron chi connectivity index (χ4n) is 3.37. The van der Waals surface area contributed by atoms with Gasteiger partial charge in [-0.15, -0.1) is 0 Å². The molecule has 1 fully saturated rings. The van der Waals surface area contributed by atoms with E-state index in [0.29, 0.717) is 0 Å². The lowest BCUT2D eigenvalue weighted by atomic mass is 9.86. The van der Waals surface area contributed by atoms with E-state index in [0.717, 1.165) is 24.3 Å². The third-order valence-corrected chi connectivity index (χ3v) is 4.72. The molecular weight excluding hydrogens is 262 g/mol. The SMILES string of the molecule is CC1CCC(C2CNc3ccc(Br)cc32)C1. The van der Waals surface area contributed by atoms with Crippen molar-refractivity contribution >= 4 is 21.6 Å². The van der Waals surface area contributed by atoms with Crippen molar-refractivity contribution in [2.75, 3.05) is 11.9 Å². The fourth-order valence-corrected chi connectivity index (χ4v) is 3.75. The number of hydrogen-bond donors (Lipinski definition) is 1. The van der Waals surface area contributed by atoms with Crippen LogP contribution in [0.3, 0.4) is 0 Å². The van der Waals surface area contributed by atoms with Crippen LogP contribution in [-0.4, -0.2) is 6.54 Å². The maximum absolute atomic E-state index is 3.59. The van der Waals surface area contributed by atoms with Gasteiger partial charge in [0, 0.05) is 22.6 Å². The van der Waals surface area contributed by atoms with Crippen LogP contribution in [0.2, 0.25) is 0 Å². The molecule has 1 aliphatic heterocycles. The maximum atomic E-state index is 3.59. The molecule has 1 aliphatic carbocycles. The van der Waals surface area contributed by atoms with Gasteiger partial charge in [-0.1, -0.05) is 29.3 Å². The quantitative estimate of drug-likeness (QED) is 0.804. The molecular formula is C14H18BrN. The van der Waals surface area contributed by atoms with E-state index < -0.39 is 0 Å². The second kappa shape index (κ2) is 4.06. The van der Waals surface area contributed by atoms with Crippen LogP contribution >= 0.6 is 15.9 Å². The van der Waals surface area contributed by atoms with Gasteiger partial charge in [0.2, 0.25) is 0 Å². The van der Waals surface area contributed by atoms with E-state index in [1.54, 1.807) is 0 Å². The van der Waals surface area contributed by atoms with E-state index >= 15 is 0 Å². The zero-order valence-corrected chi connectivity index (χ0v) is 11.3. The highest BCUT2D eigenvalue weighted by molar-refractivity contribution is 9.10. The molecule has 0 aromatic heterocycles. The average molecular weight is 280 g/mol. The Hall–Kier alpha value is -0.500. The van der Waals surface area contributed by atoms with Gasteiger partial charge in [-0.3, -0.25) is 0 Å². The second-order valence-electron chi connectivity index (χ2n) is 5.40. The molecule has 1 aromatic rings. The number of benzene rings is 1. The van der Waals surface area contributed by atoms with Crippen molar-refractivity contribution in [1.82, 2.24) is 0 Å². The molecule has 86 valence electrons. The van der Waals surface area contributed by atoms with Crippen molar-refractivity contribution in [2.45, 2.75) is 32.1 Å². The molecule has 1 N–H and O–H groups in total. The first-order chi connectivity index (χ1) is 7.74. The molecule has 1 saturated carbocycles. The molecule has 2 aliphatic rings. The Kier molecular flexibility index (Phi) is 2.70. The Bertz CT molecular complexity index is 402. The summed E-state index contributed by atoms with van der Waals surface area (Å²) in [4.78, 5) is 0. The monoisotopic (exact) mass is 279 g/mol. The molecule has 2 heteroatoms. The average Bonchev–Trinajstić information content (AvgIpc) is 2.83. The molecule has 0 spiro atoms. The first-order valence-electron chi connectivity index (χ1n) is 6.27. The number of hydrogen-bond acceptors (Lipinski definition) is 1. The van der Waals surface area contributed by atoms with Crippen molar-refractivity contribution < 1.29 is 0 Å². The van der Waals surface area contributed by atoms with Crippen molar-refractivity contribution in [2.24, 2.45) is 11.8 Å². The van der Waals surface area contributed by atoms with Crippen LogP contribution in [0.1, 0.15) is 37.7 Å². The minimum Gasteiger partial charge on any atom is -0.384 e. The largest absolute Gasteiger partial charge is 0.384 e. The molecule has 16 heavy (non-hydrogen) atoms. The minimum atomic E-state index is 0.748. The number of fused-ring (bicyclic) bond motifs is 1. The van der Waals surface area contributed by atoms with Crippen molar-refractivity contribution in [3.8, 4) is 0 Å². The van der Waals surface area contributed by atoms with Crippen LogP contribution in [0.25, 0.3) is 0 Å². The maximum Gasteiger partial charge on any atom is 0.0377 e. The summed E-state index contributed by atoms with van der Waals surface area (Å²) in [6, 6.07) is 6.65. The predicted octanol–water partition coefficient (Wildman–Crippen LogP) is 4.39. The molecule has 3 atom stereocenters. The first-order valence-corrected chi connectivity index (χ1v) is 7.06. The highest BCUT2D eigenvalue weighted by Crippen LogP contribution is 2.45. The van der Waals surface area contributed by atoms with Crippen molar-refractivity contribution in [3.05, 3.63) is 28.2 Å². The molecule has 1 nitrogen and oxygen atoms in total. The zero-order chi connectivity index (χ0) is 11.1. The van der Waals surface area contributed by atoms with Crippen LogP contribution < -0.4 is 5.32 Å². The van der Waals surface area contributed by atoms with E-state index in [-0.39, 0.29) is 0 Å². The lowest BCUT2D eigenvalue weighted by Crippen LogP contribution is -2.12. The highest BCUT2D eigenvalue weighted by Gasteiger charge is 2.33. The Morgan fingerprint density at radius 2 is 2.19 bits per heavy atom. The van der Waals surface area contributed by atoms with Crippen LogP contribution in [0.5, 0.6) is 0 Å². The Morgan fingerprint density at radius 1 is 1.31 bits per heavy atom. The summed E-state index contributed by atoms with van der Waals surface area (Å²) < 4.78 is 1.21. The van der Waals surface area contributed by atoms with Gasteiger partial charge in [0.15, 0.2) is 0 Å². The van der Waals surface area contributed by atoms with Crippen LogP contribution in [0.15, 0.2) is 22.7 Å². The van der Waals surface area contributed by atoms with Gasteiger partial charge < -0.3 is 5.32 Å². The summed E-state index contributed by atoms with van der Waals surface area (Å²) in [5.41, 5.74) is 2.89. The predicted molar refractivity (Wildman–Crippen MR) is 71.9 cm³/mol. The molecule has 0 saturated heterocycles. The number of anilines is 1. The van der Waals surface area contributed by atoms with Crippen LogP contribution in [0.4, 0.5) is 5.69 Å². The molecule has 0 amide bonds. The van der Waals surface area contributed by atoms with Crippen molar-refractivity contribution in [1.29, 1.82) is 0 Å². The second-order valence-corrected chi connectivity index (χ2v) is 6.31. The smallest absolute Gasteiger partial charge is 0.0377 e. The lowest BCUT2D eigenvalue weighted by molar-refractivity contribution is 0.442. The fraction of sp³-hybridized carbons (Fsp3) is 0.571. The zero-order valence-electron chi connectivity index (χ0n) is 9.67. The number of rotatable bonds is 1. The molecule has 0 radical (unpaired) electrons. The number of halogens is 1. The lowest BCUT2D eigenvalue weighted by Gasteiger charge is -2.18. The molecule has 3 unspecified atom stereocenters. The van der Waals surface area contributed by atoms with E-state index in [2.05, 4.69) is 46.4 Å². The summed E-state index contributed by atoms with van der Waals surface area (Å²) >= 11 is 3.59. The third-order valence-electron chi connectivity index (χ3n) is 4.23. The summed E-state index contributed by atoms with van der Waals surface area (Å²) in [7, 11) is 0. The van der Waals surface area contributed by atoms with Gasteiger partial charge in [-0.05, 0) is 48.4 Å². The molecule has 1 heterocycles. The van der Waals surface area contributed by atoms with Gasteiger partial charge in [-0.25, -0.2) is 0 Å². The van der Waals surface area contributed by atoms with Gasteiger partial charge in [-0.2, -0.15) is 0 Å². The van der Waals surface area contributed by atoms with E-state index in [4.69, 9.17) is 0 Å². The van der Waals surface area contributed by atoms with Gasteiger partial charge >= 0.3 is 0 Å². The highest BCUT2D eigenvalue weighted by atomic mass is 79.9. The summed E-state index contributed by atoms with van der Waals surface area (Å²) in [6.45, 7) is 3.54. The summed E-state index contributed by atoms with van der Waals surface area (Å²) in [5.74, 6) is 2.58. The summed E-state index contributed by atoms with van der Waals surface area (Å²) in [6.07, 6.45) is 4.25. The normalized spacial score (nSPS) is 32.5. The van der Waals surface area contributed by atoms with E-state index in [1.807, 2.05) is 0 Å². The Labute approximate surface area is 106 Å². The Morgan fingerprint density at radius 3 is 2.94 bits per heavy atom. The summed E-state index contributed by atoms with van der Waals surface area (Å²) in [5, 5.41) is 3.55. The van der Waals surface area contributed by atoms with E-state index in [1.165, 1.54) is 35.0 Å². The van der Waals surface area contributed by atoms with Gasteiger partial charge in [0.1, 0.15) is 0 Å². The topological polar surface area (TPSA) is 12.0 Å². The molecule has 0 bridgehead atoms. The first kappa shape index (κ1) is 10.6. The Balaban J connectivity index is 1.88. The van der Waals surface area contributed by atoms with Crippen LogP contribution in [-0.2, 0) is 0 Å². The minimum absolute atomic E-state index is 0.748. The molecule has 3 rings (SSSR count). The van der Waals surface area contributed by atoms with Gasteiger partial charge in [0.05, 0.1) is 0 Å². The van der Waals surface area contributed by atoms with Crippen molar-refractivity contribution in [3.63, 3.8) is 0 Å². The van der Waals surface area contributed by atoms with Gasteiger partial charge in [0.25, 0.3) is 0 Å². The van der Waals surface area contributed by atoms with Crippen LogP contribution in [0, 0.1) is 11.8 Å². The molecule has 1 aromatic carbocycles. The standard InChI is InChI=1S/C14H18BrN/c1-9-2-3-10(6-9)13-8-16-14-5-4-11(15)7-12(13)14/h4-5,7,9-10,13,16H,2-3,6,8H2,1H3. The third kappa shape index (κ3) is 1.77. The number of nitrogens with one attached hydrogen (secondary N) is 1.